The molecule has 2 aromatic rings. The molecule has 0 radical (unpaired) electrons. The molecule has 1 aromatic heterocycles. The molecule has 1 saturated heterocycles. The fraction of sp³-hybridized carbons (Fsp3) is 0.294. The number of benzene rings is 1. The number of nitrogens with zero attached hydrogens (tertiary/aromatic N) is 2. The van der Waals surface area contributed by atoms with Gasteiger partial charge >= 0.3 is 0 Å². The molecule has 0 atom stereocenters. The van der Waals surface area contributed by atoms with Crippen LogP contribution in [0.4, 0.5) is 0 Å². The van der Waals surface area contributed by atoms with Crippen molar-refractivity contribution < 1.29 is 9.59 Å². The SMILES string of the molecule is O=C(NC1CCN(C(=O)c2ccc(=O)[nH]n2)CC1)c1cc(Cl)ccc1Cl. The largest absolute Gasteiger partial charge is 0.349 e. The van der Waals surface area contributed by atoms with Crippen molar-refractivity contribution in [2.24, 2.45) is 0 Å². The van der Waals surface area contributed by atoms with E-state index in [4.69, 9.17) is 23.2 Å². The lowest BCUT2D eigenvalue weighted by Gasteiger charge is -2.32. The summed E-state index contributed by atoms with van der Waals surface area (Å²) in [6.45, 7) is 0.960. The van der Waals surface area contributed by atoms with Crippen molar-refractivity contribution in [1.29, 1.82) is 0 Å². The maximum Gasteiger partial charge on any atom is 0.274 e. The van der Waals surface area contributed by atoms with E-state index in [2.05, 4.69) is 15.5 Å². The molecule has 0 aliphatic carbocycles. The summed E-state index contributed by atoms with van der Waals surface area (Å²) in [6, 6.07) is 7.33. The monoisotopic (exact) mass is 394 g/mol. The number of piperidine rings is 1. The molecule has 1 aromatic carbocycles. The zero-order chi connectivity index (χ0) is 18.7. The average Bonchev–Trinajstić information content (AvgIpc) is 2.64. The van der Waals surface area contributed by atoms with Crippen LogP contribution in [0.3, 0.4) is 0 Å². The van der Waals surface area contributed by atoms with Gasteiger partial charge < -0.3 is 10.2 Å². The van der Waals surface area contributed by atoms with Crippen molar-refractivity contribution in [3.8, 4) is 0 Å². The predicted molar refractivity (Wildman–Crippen MR) is 97.7 cm³/mol. The van der Waals surface area contributed by atoms with Crippen LogP contribution in [0.2, 0.25) is 10.0 Å². The molecule has 1 aliphatic heterocycles. The van der Waals surface area contributed by atoms with Crippen molar-refractivity contribution in [3.63, 3.8) is 0 Å². The van der Waals surface area contributed by atoms with Gasteiger partial charge in [-0.25, -0.2) is 5.10 Å². The van der Waals surface area contributed by atoms with Gasteiger partial charge in [0.05, 0.1) is 10.6 Å². The summed E-state index contributed by atoms with van der Waals surface area (Å²) in [6.07, 6.45) is 1.22. The van der Waals surface area contributed by atoms with Crippen molar-refractivity contribution in [2.45, 2.75) is 18.9 Å². The molecular weight excluding hydrogens is 379 g/mol. The number of H-pyrrole nitrogens is 1. The van der Waals surface area contributed by atoms with Gasteiger partial charge in [0.2, 0.25) is 0 Å². The molecular formula is C17H16Cl2N4O3. The summed E-state index contributed by atoms with van der Waals surface area (Å²) < 4.78 is 0. The van der Waals surface area contributed by atoms with E-state index in [1.807, 2.05) is 0 Å². The number of aromatic amines is 1. The Morgan fingerprint density at radius 1 is 1.15 bits per heavy atom. The first kappa shape index (κ1) is 18.4. The van der Waals surface area contributed by atoms with Crippen LogP contribution in [-0.4, -0.2) is 46.0 Å². The molecule has 26 heavy (non-hydrogen) atoms. The number of aromatic nitrogens is 2. The van der Waals surface area contributed by atoms with E-state index in [-0.39, 0.29) is 29.1 Å². The fourth-order valence-corrected chi connectivity index (χ4v) is 3.16. The highest BCUT2D eigenvalue weighted by Gasteiger charge is 2.26. The first-order valence-electron chi connectivity index (χ1n) is 8.05. The van der Waals surface area contributed by atoms with Crippen LogP contribution in [-0.2, 0) is 0 Å². The number of carbonyl (C=O) groups excluding carboxylic acids is 2. The average molecular weight is 395 g/mol. The molecule has 3 rings (SSSR count). The number of carbonyl (C=O) groups is 2. The third-order valence-electron chi connectivity index (χ3n) is 4.19. The van der Waals surface area contributed by atoms with Gasteiger partial charge in [0, 0.05) is 30.2 Å². The molecule has 136 valence electrons. The van der Waals surface area contributed by atoms with E-state index >= 15 is 0 Å². The topological polar surface area (TPSA) is 95.2 Å². The van der Waals surface area contributed by atoms with Gasteiger partial charge in [0.15, 0.2) is 0 Å². The van der Waals surface area contributed by atoms with Crippen molar-refractivity contribution in [2.75, 3.05) is 13.1 Å². The summed E-state index contributed by atoms with van der Waals surface area (Å²) in [5.74, 6) is -0.534. The lowest BCUT2D eigenvalue weighted by molar-refractivity contribution is 0.0691. The second-order valence-corrected chi connectivity index (χ2v) is 6.81. The van der Waals surface area contributed by atoms with Gasteiger partial charge in [0.1, 0.15) is 5.69 Å². The fourth-order valence-electron chi connectivity index (χ4n) is 2.79. The Kier molecular flexibility index (Phi) is 5.58. The maximum atomic E-state index is 12.4. The van der Waals surface area contributed by atoms with Crippen LogP contribution in [0.5, 0.6) is 0 Å². The van der Waals surface area contributed by atoms with Crippen molar-refractivity contribution >= 4 is 35.0 Å². The number of likely N-dealkylation sites (tertiary alicyclic amines) is 1. The molecule has 2 N–H and O–H groups in total. The lowest BCUT2D eigenvalue weighted by Crippen LogP contribution is -2.46. The highest BCUT2D eigenvalue weighted by molar-refractivity contribution is 6.35. The zero-order valence-electron chi connectivity index (χ0n) is 13.7. The lowest BCUT2D eigenvalue weighted by atomic mass is 10.0. The summed E-state index contributed by atoms with van der Waals surface area (Å²) >= 11 is 12.0. The predicted octanol–water partition coefficient (Wildman–Crippen LogP) is 2.11. The summed E-state index contributed by atoms with van der Waals surface area (Å²) in [7, 11) is 0. The Morgan fingerprint density at radius 2 is 1.88 bits per heavy atom. The second-order valence-electron chi connectivity index (χ2n) is 5.97. The van der Waals surface area contributed by atoms with Crippen LogP contribution in [0.1, 0.15) is 33.7 Å². The van der Waals surface area contributed by atoms with E-state index < -0.39 is 0 Å². The van der Waals surface area contributed by atoms with Crippen LogP contribution in [0, 0.1) is 0 Å². The Bertz CT molecular complexity index is 871. The molecule has 7 nitrogen and oxygen atoms in total. The number of halogens is 2. The van der Waals surface area contributed by atoms with E-state index in [1.54, 1.807) is 17.0 Å². The highest BCUT2D eigenvalue weighted by atomic mass is 35.5. The number of rotatable bonds is 3. The van der Waals surface area contributed by atoms with Crippen molar-refractivity contribution in [3.05, 3.63) is 62.0 Å². The number of amides is 2. The Morgan fingerprint density at radius 3 is 2.54 bits per heavy atom. The Labute approximate surface area is 159 Å². The van der Waals surface area contributed by atoms with Gasteiger partial charge in [0.25, 0.3) is 17.4 Å². The molecule has 0 spiro atoms. The van der Waals surface area contributed by atoms with Gasteiger partial charge in [-0.1, -0.05) is 23.2 Å². The summed E-state index contributed by atoms with van der Waals surface area (Å²) in [4.78, 5) is 37.4. The van der Waals surface area contributed by atoms with Gasteiger partial charge in [-0.3, -0.25) is 14.4 Å². The number of hydrogen-bond acceptors (Lipinski definition) is 4. The van der Waals surface area contributed by atoms with E-state index in [9.17, 15) is 14.4 Å². The quantitative estimate of drug-likeness (QED) is 0.832. The van der Waals surface area contributed by atoms with Crippen LogP contribution >= 0.6 is 23.2 Å². The Balaban J connectivity index is 1.57. The highest BCUT2D eigenvalue weighted by Crippen LogP contribution is 2.21. The summed E-state index contributed by atoms with van der Waals surface area (Å²) in [5, 5.41) is 9.70. The first-order valence-corrected chi connectivity index (χ1v) is 8.80. The van der Waals surface area contributed by atoms with Gasteiger partial charge in [-0.2, -0.15) is 5.10 Å². The minimum Gasteiger partial charge on any atom is -0.349 e. The smallest absolute Gasteiger partial charge is 0.274 e. The van der Waals surface area contributed by atoms with Crippen LogP contribution in [0.25, 0.3) is 0 Å². The van der Waals surface area contributed by atoms with E-state index in [1.165, 1.54) is 18.2 Å². The van der Waals surface area contributed by atoms with E-state index in [0.29, 0.717) is 41.5 Å². The minimum absolute atomic E-state index is 0.0647. The summed E-state index contributed by atoms with van der Waals surface area (Å²) in [5.41, 5.74) is 0.163. The third-order valence-corrected chi connectivity index (χ3v) is 4.75. The molecule has 9 heteroatoms. The van der Waals surface area contributed by atoms with Crippen molar-refractivity contribution in [1.82, 2.24) is 20.4 Å². The van der Waals surface area contributed by atoms with Crippen LogP contribution < -0.4 is 10.9 Å². The molecule has 1 aliphatic rings. The van der Waals surface area contributed by atoms with Gasteiger partial charge in [-0.05, 0) is 37.1 Å². The Hall–Kier alpha value is -2.38. The molecule has 2 amide bonds. The third kappa shape index (κ3) is 4.23. The number of nitrogens with one attached hydrogen (secondary N) is 2. The second kappa shape index (κ2) is 7.88. The maximum absolute atomic E-state index is 12.4. The number of hydrogen-bond donors (Lipinski definition) is 2. The zero-order valence-corrected chi connectivity index (χ0v) is 15.2. The van der Waals surface area contributed by atoms with E-state index in [0.717, 1.165) is 0 Å². The molecule has 0 bridgehead atoms. The van der Waals surface area contributed by atoms with Crippen LogP contribution in [0.15, 0.2) is 35.1 Å². The molecule has 1 fully saturated rings. The first-order chi connectivity index (χ1) is 12.4. The minimum atomic E-state index is -0.359. The normalized spacial score (nSPS) is 14.9. The van der Waals surface area contributed by atoms with Gasteiger partial charge in [-0.15, -0.1) is 0 Å². The molecule has 0 unspecified atom stereocenters. The molecule has 0 saturated carbocycles. The standard InChI is InChI=1S/C17H16Cl2N4O3/c18-10-1-2-13(19)12(9-10)16(25)20-11-5-7-23(8-6-11)17(26)14-3-4-15(24)22-21-14/h1-4,9,11H,5-8H2,(H,20,25)(H,22,24). The molecule has 2 heterocycles.